The molecule has 0 aliphatic heterocycles. The first kappa shape index (κ1) is 60.7. The Hall–Kier alpha value is -1.28. The van der Waals surface area contributed by atoms with E-state index in [1.807, 2.05) is 27.2 Å². The molecule has 3 unspecified atom stereocenters. The average Bonchev–Trinajstić information content (AvgIpc) is 3.23. The van der Waals surface area contributed by atoms with Gasteiger partial charge in [0.15, 0.2) is 0 Å². The van der Waals surface area contributed by atoms with Gasteiger partial charge < -0.3 is 28.8 Å². The van der Waals surface area contributed by atoms with Gasteiger partial charge in [0, 0.05) is 6.42 Å². The van der Waals surface area contributed by atoms with Crippen molar-refractivity contribution in [2.45, 2.75) is 257 Å². The van der Waals surface area contributed by atoms with Crippen LogP contribution in [0.4, 0.5) is 0 Å². The molecule has 0 aliphatic rings. The number of unbranched alkanes of at least 4 members (excludes halogenated alkanes) is 31. The summed E-state index contributed by atoms with van der Waals surface area (Å²) in [6.45, 7) is 4.64. The summed E-state index contributed by atoms with van der Waals surface area (Å²) in [6, 6.07) is -0.905. The van der Waals surface area contributed by atoms with E-state index in [-0.39, 0.29) is 12.5 Å². The Morgan fingerprint density at radius 1 is 0.548 bits per heavy atom. The van der Waals surface area contributed by atoms with Crippen LogP contribution in [0.5, 0.6) is 0 Å². The molecule has 0 rings (SSSR count). The number of quaternary nitrogens is 1. The van der Waals surface area contributed by atoms with Crippen LogP contribution in [0, 0.1) is 0 Å². The van der Waals surface area contributed by atoms with E-state index in [4.69, 9.17) is 9.05 Å². The second-order valence-electron chi connectivity index (χ2n) is 19.2. The highest BCUT2D eigenvalue weighted by Gasteiger charge is 2.23. The van der Waals surface area contributed by atoms with Crippen molar-refractivity contribution in [3.8, 4) is 0 Å². The van der Waals surface area contributed by atoms with Crippen LogP contribution in [-0.2, 0) is 18.4 Å². The maximum absolute atomic E-state index is 12.9. The molecule has 62 heavy (non-hydrogen) atoms. The van der Waals surface area contributed by atoms with Crippen molar-refractivity contribution in [2.75, 3.05) is 40.9 Å². The molecule has 0 saturated heterocycles. The molecule has 2 N–H and O–H groups in total. The lowest BCUT2D eigenvalue weighted by molar-refractivity contribution is -0.870. The number of hydrogen-bond donors (Lipinski definition) is 2. The van der Waals surface area contributed by atoms with Crippen LogP contribution in [-0.4, -0.2) is 68.5 Å². The third kappa shape index (κ3) is 46.7. The van der Waals surface area contributed by atoms with E-state index < -0.39 is 26.6 Å². The van der Waals surface area contributed by atoms with Gasteiger partial charge in [-0.25, -0.2) is 0 Å². The molecule has 0 radical (unpaired) electrons. The topological polar surface area (TPSA) is 108 Å². The fraction of sp³-hybridized carbons (Fsp3) is 0.868. The predicted molar refractivity (Wildman–Crippen MR) is 265 cm³/mol. The number of hydrogen-bond acceptors (Lipinski definition) is 6. The number of aliphatic hydroxyl groups excluding tert-OH is 1. The minimum Gasteiger partial charge on any atom is -0.756 e. The first-order chi connectivity index (χ1) is 30.0. The average molecular weight is 895 g/mol. The van der Waals surface area contributed by atoms with Gasteiger partial charge in [0.25, 0.3) is 7.82 Å². The second-order valence-corrected chi connectivity index (χ2v) is 20.6. The van der Waals surface area contributed by atoms with E-state index in [0.29, 0.717) is 17.4 Å². The molecule has 0 spiro atoms. The van der Waals surface area contributed by atoms with E-state index in [9.17, 15) is 19.4 Å². The van der Waals surface area contributed by atoms with Crippen molar-refractivity contribution in [3.05, 3.63) is 36.5 Å². The Morgan fingerprint density at radius 3 is 1.31 bits per heavy atom. The van der Waals surface area contributed by atoms with Gasteiger partial charge in [0.1, 0.15) is 13.2 Å². The fourth-order valence-electron chi connectivity index (χ4n) is 7.63. The summed E-state index contributed by atoms with van der Waals surface area (Å²) in [5.41, 5.74) is 0. The number of rotatable bonds is 48. The standard InChI is InChI=1S/C53H103N2O6P/c1-6-8-10-12-14-16-18-20-22-24-26-27-29-30-32-34-36-38-40-42-44-46-52(56)51(50-61-62(58,59)60-49-48-55(3,4)5)54-53(57)47-45-43-41-39-37-35-33-31-28-25-23-21-19-17-15-13-11-9-7-2/h25,28,36,38,44,46,51-52,56H,6-24,26-27,29-35,37,39-43,45,47-50H2,1-5H3,(H-,54,57,58,59)/b28-25-,38-36+,46-44+. The molecule has 0 fully saturated rings. The number of aliphatic hydroxyl groups is 1. The first-order valence-electron chi connectivity index (χ1n) is 26.4. The van der Waals surface area contributed by atoms with Gasteiger partial charge in [-0.3, -0.25) is 9.36 Å². The molecule has 0 heterocycles. The smallest absolute Gasteiger partial charge is 0.268 e. The summed E-state index contributed by atoms with van der Waals surface area (Å²) in [5, 5.41) is 13.8. The molecule has 1 amide bonds. The molecule has 9 heteroatoms. The van der Waals surface area contributed by atoms with Gasteiger partial charge in [-0.1, -0.05) is 217 Å². The Balaban J connectivity index is 4.34. The maximum atomic E-state index is 12.9. The largest absolute Gasteiger partial charge is 0.756 e. The van der Waals surface area contributed by atoms with Crippen LogP contribution in [0.15, 0.2) is 36.5 Å². The first-order valence-corrected chi connectivity index (χ1v) is 27.8. The predicted octanol–water partition coefficient (Wildman–Crippen LogP) is 14.8. The Morgan fingerprint density at radius 2 is 0.903 bits per heavy atom. The normalized spacial score (nSPS) is 14.4. The van der Waals surface area contributed by atoms with Crippen molar-refractivity contribution in [3.63, 3.8) is 0 Å². The molecule has 0 saturated carbocycles. The molecule has 3 atom stereocenters. The lowest BCUT2D eigenvalue weighted by Gasteiger charge is -2.29. The van der Waals surface area contributed by atoms with Crippen LogP contribution < -0.4 is 10.2 Å². The highest BCUT2D eigenvalue weighted by atomic mass is 31.2. The number of nitrogens with one attached hydrogen (secondary N) is 1. The molecule has 0 bridgehead atoms. The highest BCUT2D eigenvalue weighted by molar-refractivity contribution is 7.45. The van der Waals surface area contributed by atoms with Crippen LogP contribution in [0.25, 0.3) is 0 Å². The van der Waals surface area contributed by atoms with Crippen molar-refractivity contribution < 1.29 is 32.9 Å². The molecule has 0 aromatic carbocycles. The molecular formula is C53H103N2O6P. The zero-order chi connectivity index (χ0) is 45.7. The van der Waals surface area contributed by atoms with Crippen molar-refractivity contribution in [2.24, 2.45) is 0 Å². The van der Waals surface area contributed by atoms with E-state index in [1.54, 1.807) is 6.08 Å². The Labute approximate surface area is 385 Å². The molecule has 8 nitrogen and oxygen atoms in total. The van der Waals surface area contributed by atoms with E-state index >= 15 is 0 Å². The lowest BCUT2D eigenvalue weighted by atomic mass is 10.0. The molecule has 366 valence electrons. The molecule has 0 aliphatic carbocycles. The molecular weight excluding hydrogens is 792 g/mol. The lowest BCUT2D eigenvalue weighted by Crippen LogP contribution is -2.45. The van der Waals surface area contributed by atoms with Gasteiger partial charge in [0.05, 0.1) is 39.9 Å². The summed E-state index contributed by atoms with van der Waals surface area (Å²) in [6.07, 6.45) is 56.3. The van der Waals surface area contributed by atoms with Crippen LogP contribution >= 0.6 is 7.82 Å². The van der Waals surface area contributed by atoms with Gasteiger partial charge in [-0.05, 0) is 57.8 Å². The Bertz CT molecular complexity index is 1110. The van der Waals surface area contributed by atoms with Crippen molar-refractivity contribution in [1.82, 2.24) is 5.32 Å². The third-order valence-corrected chi connectivity index (χ3v) is 12.8. The number of allylic oxidation sites excluding steroid dienone is 5. The summed E-state index contributed by atoms with van der Waals surface area (Å²) in [7, 11) is 1.24. The van der Waals surface area contributed by atoms with E-state index in [0.717, 1.165) is 38.5 Å². The number of phosphoric ester groups is 1. The van der Waals surface area contributed by atoms with Crippen LogP contribution in [0.3, 0.4) is 0 Å². The van der Waals surface area contributed by atoms with Gasteiger partial charge in [-0.2, -0.15) is 0 Å². The second kappa shape index (κ2) is 44.9. The molecule has 0 aromatic heterocycles. The summed E-state index contributed by atoms with van der Waals surface area (Å²) >= 11 is 0. The quantitative estimate of drug-likeness (QED) is 0.0273. The minimum absolute atomic E-state index is 0.00678. The summed E-state index contributed by atoms with van der Waals surface area (Å²) in [4.78, 5) is 25.4. The SMILES string of the molecule is CCCCCCCCCC/C=C\CCCCCCCCCC(=O)NC(COP(=O)([O-])OCC[N+](C)(C)C)C(O)/C=C/CC/C=C/CCCCCCCCCCCCCCCCC. The van der Waals surface area contributed by atoms with E-state index in [2.05, 4.69) is 43.5 Å². The number of phosphoric acid groups is 1. The molecule has 0 aromatic rings. The number of nitrogens with zero attached hydrogens (tertiary/aromatic N) is 1. The zero-order valence-electron chi connectivity index (χ0n) is 41.6. The number of likely N-dealkylation sites (N-methyl/N-ethyl adjacent to an activating group) is 1. The number of carbonyl (C=O) groups is 1. The summed E-state index contributed by atoms with van der Waals surface area (Å²) < 4.78 is 23.3. The van der Waals surface area contributed by atoms with Gasteiger partial charge in [0.2, 0.25) is 5.91 Å². The third-order valence-electron chi connectivity index (χ3n) is 11.8. The van der Waals surface area contributed by atoms with Crippen molar-refractivity contribution >= 4 is 13.7 Å². The Kier molecular flexibility index (Phi) is 44.0. The van der Waals surface area contributed by atoms with E-state index in [1.165, 1.54) is 186 Å². The summed E-state index contributed by atoms with van der Waals surface area (Å²) in [5.74, 6) is -0.210. The van der Waals surface area contributed by atoms with Crippen LogP contribution in [0.1, 0.15) is 245 Å². The van der Waals surface area contributed by atoms with Crippen LogP contribution in [0.2, 0.25) is 0 Å². The highest BCUT2D eigenvalue weighted by Crippen LogP contribution is 2.38. The van der Waals surface area contributed by atoms with Gasteiger partial charge in [-0.15, -0.1) is 0 Å². The number of carbonyl (C=O) groups excluding carboxylic acids is 1. The van der Waals surface area contributed by atoms with Gasteiger partial charge >= 0.3 is 0 Å². The fourth-order valence-corrected chi connectivity index (χ4v) is 8.36. The zero-order valence-corrected chi connectivity index (χ0v) is 42.5. The number of amides is 1. The minimum atomic E-state index is -4.60. The maximum Gasteiger partial charge on any atom is 0.268 e. The monoisotopic (exact) mass is 895 g/mol. The van der Waals surface area contributed by atoms with Crippen molar-refractivity contribution in [1.29, 1.82) is 0 Å².